The molecule has 1 aromatic rings. The van der Waals surface area contributed by atoms with E-state index < -0.39 is 47.8 Å². The fourth-order valence-electron chi connectivity index (χ4n) is 4.10. The molecule has 0 aliphatic carbocycles. The monoisotopic (exact) mass is 420 g/mol. The Morgan fingerprint density at radius 1 is 0.897 bits per heavy atom. The fraction of sp³-hybridized carbons (Fsp3) is 0.714. The number of rotatable bonds is 5. The molecule has 1 aliphatic heterocycles. The molecule has 0 aromatic heterocycles. The second-order valence-electron chi connectivity index (χ2n) is 9.15. The topological polar surface area (TPSA) is 18.5 Å². The van der Waals surface area contributed by atoms with E-state index in [-0.39, 0.29) is 6.42 Å². The van der Waals surface area contributed by atoms with E-state index in [0.29, 0.717) is 23.5 Å². The molecule has 0 radical (unpaired) electrons. The van der Waals surface area contributed by atoms with Gasteiger partial charge >= 0.3 is 13.3 Å². The minimum atomic E-state index is -5.11. The molecule has 0 amide bonds. The van der Waals surface area contributed by atoms with E-state index in [1.807, 2.05) is 27.7 Å². The molecule has 0 bridgehead atoms. The minimum Gasteiger partial charge on any atom is -0.399 e. The van der Waals surface area contributed by atoms with Gasteiger partial charge in [0, 0.05) is 6.92 Å². The molecule has 0 saturated carbocycles. The number of hydrogen-bond acceptors (Lipinski definition) is 2. The molecule has 1 aliphatic rings. The SMILES string of the molecule is CCCC(c1cc(C)c(B2OC(C)(C)C(C)(C)O2)c(C)c1)(C(C)(F)F)C(F)(F)F. The molecule has 0 spiro atoms. The van der Waals surface area contributed by atoms with Crippen LogP contribution in [0.3, 0.4) is 0 Å². The Morgan fingerprint density at radius 2 is 1.31 bits per heavy atom. The van der Waals surface area contributed by atoms with Crippen LogP contribution in [0.15, 0.2) is 12.1 Å². The Balaban J connectivity index is 2.66. The molecular weight excluding hydrogens is 390 g/mol. The first-order valence-corrected chi connectivity index (χ1v) is 9.83. The highest BCUT2D eigenvalue weighted by molar-refractivity contribution is 6.63. The fourth-order valence-corrected chi connectivity index (χ4v) is 4.10. The van der Waals surface area contributed by atoms with Gasteiger partial charge in [-0.05, 0) is 59.0 Å². The van der Waals surface area contributed by atoms with Crippen LogP contribution < -0.4 is 5.46 Å². The van der Waals surface area contributed by atoms with Crippen molar-refractivity contribution in [1.29, 1.82) is 0 Å². The van der Waals surface area contributed by atoms with Crippen LogP contribution in [0.4, 0.5) is 22.0 Å². The maximum Gasteiger partial charge on any atom is 0.495 e. The van der Waals surface area contributed by atoms with Gasteiger partial charge in [-0.15, -0.1) is 0 Å². The molecule has 0 N–H and O–H groups in total. The Bertz CT molecular complexity index is 712. The smallest absolute Gasteiger partial charge is 0.399 e. The van der Waals surface area contributed by atoms with E-state index in [1.54, 1.807) is 13.8 Å². The van der Waals surface area contributed by atoms with Crippen molar-refractivity contribution >= 4 is 12.6 Å². The van der Waals surface area contributed by atoms with Crippen molar-refractivity contribution in [1.82, 2.24) is 0 Å². The zero-order valence-corrected chi connectivity index (χ0v) is 18.4. The van der Waals surface area contributed by atoms with Gasteiger partial charge in [-0.25, -0.2) is 8.78 Å². The van der Waals surface area contributed by atoms with Gasteiger partial charge in [0.1, 0.15) is 0 Å². The number of benzene rings is 1. The summed E-state index contributed by atoms with van der Waals surface area (Å²) in [7, 11) is -0.775. The lowest BCUT2D eigenvalue weighted by Crippen LogP contribution is -2.55. The van der Waals surface area contributed by atoms with Gasteiger partial charge in [-0.1, -0.05) is 36.6 Å². The third kappa shape index (κ3) is 3.83. The van der Waals surface area contributed by atoms with Crippen LogP contribution in [-0.2, 0) is 14.7 Å². The van der Waals surface area contributed by atoms with Gasteiger partial charge in [0.25, 0.3) is 5.92 Å². The maximum atomic E-state index is 14.5. The summed E-state index contributed by atoms with van der Waals surface area (Å²) in [6.07, 6.45) is -5.83. The normalized spacial score (nSPS) is 21.3. The number of alkyl halides is 5. The average Bonchev–Trinajstić information content (AvgIpc) is 2.69. The van der Waals surface area contributed by atoms with Crippen LogP contribution in [0, 0.1) is 13.8 Å². The van der Waals surface area contributed by atoms with Crippen molar-refractivity contribution in [2.75, 3.05) is 0 Å². The first kappa shape index (κ1) is 24.1. The summed E-state index contributed by atoms with van der Waals surface area (Å²) in [5, 5.41) is 0. The summed E-state index contributed by atoms with van der Waals surface area (Å²) in [6.45, 7) is 12.5. The Hall–Kier alpha value is -1.15. The molecule has 1 fully saturated rings. The predicted octanol–water partition coefficient (Wildman–Crippen LogP) is 5.86. The first-order chi connectivity index (χ1) is 12.9. The van der Waals surface area contributed by atoms with Crippen LogP contribution in [0.25, 0.3) is 0 Å². The van der Waals surface area contributed by atoms with Crippen molar-refractivity contribution in [3.05, 3.63) is 28.8 Å². The molecule has 1 saturated heterocycles. The van der Waals surface area contributed by atoms with E-state index in [0.717, 1.165) is 0 Å². The van der Waals surface area contributed by atoms with E-state index in [2.05, 4.69) is 0 Å². The summed E-state index contributed by atoms with van der Waals surface area (Å²) in [5.41, 5.74) is -3.46. The van der Waals surface area contributed by atoms with Gasteiger partial charge in [-0.2, -0.15) is 13.2 Å². The Labute approximate surface area is 170 Å². The molecule has 8 heteroatoms. The summed E-state index contributed by atoms with van der Waals surface area (Å²) in [6, 6.07) is 2.43. The van der Waals surface area contributed by atoms with Crippen molar-refractivity contribution in [2.45, 2.75) is 96.9 Å². The minimum absolute atomic E-state index is 0.0278. The molecule has 1 heterocycles. The van der Waals surface area contributed by atoms with Crippen molar-refractivity contribution in [3.8, 4) is 0 Å². The van der Waals surface area contributed by atoms with Crippen LogP contribution in [0.2, 0.25) is 0 Å². The molecule has 1 unspecified atom stereocenters. The second kappa shape index (κ2) is 7.22. The highest BCUT2D eigenvalue weighted by atomic mass is 19.4. The predicted molar refractivity (Wildman–Crippen MR) is 105 cm³/mol. The van der Waals surface area contributed by atoms with Gasteiger partial charge in [0.05, 0.1) is 11.2 Å². The third-order valence-corrected chi connectivity index (χ3v) is 6.43. The Morgan fingerprint density at radius 3 is 1.62 bits per heavy atom. The second-order valence-corrected chi connectivity index (χ2v) is 9.15. The molecule has 164 valence electrons. The van der Waals surface area contributed by atoms with Crippen LogP contribution in [0.5, 0.6) is 0 Å². The standard InChI is InChI=1S/C21H30BF5O2/c1-9-10-20(19(8,23)24,21(25,26)27)15-11-13(2)16(14(3)12-15)22-28-17(4,5)18(6,7)29-22/h11-12H,9-10H2,1-8H3. The zero-order chi connectivity index (χ0) is 22.6. The summed E-state index contributed by atoms with van der Waals surface area (Å²) in [4.78, 5) is 0. The maximum absolute atomic E-state index is 14.5. The summed E-state index contributed by atoms with van der Waals surface area (Å²) < 4.78 is 83.3. The van der Waals surface area contributed by atoms with Crippen LogP contribution in [-0.4, -0.2) is 30.4 Å². The summed E-state index contributed by atoms with van der Waals surface area (Å²) in [5.74, 6) is -3.98. The number of aryl methyl sites for hydroxylation is 2. The largest absolute Gasteiger partial charge is 0.495 e. The highest BCUT2D eigenvalue weighted by Crippen LogP contribution is 2.54. The molecule has 1 aromatic carbocycles. The lowest BCUT2D eigenvalue weighted by Gasteiger charge is -2.41. The van der Waals surface area contributed by atoms with Gasteiger partial charge in [-0.3, -0.25) is 0 Å². The summed E-state index contributed by atoms with van der Waals surface area (Å²) >= 11 is 0. The van der Waals surface area contributed by atoms with Crippen molar-refractivity contribution < 1.29 is 31.3 Å². The quantitative estimate of drug-likeness (QED) is 0.439. The van der Waals surface area contributed by atoms with Crippen LogP contribution in [0.1, 0.15) is 71.1 Å². The van der Waals surface area contributed by atoms with E-state index >= 15 is 0 Å². The van der Waals surface area contributed by atoms with E-state index in [4.69, 9.17) is 9.31 Å². The van der Waals surface area contributed by atoms with Crippen molar-refractivity contribution in [2.24, 2.45) is 0 Å². The van der Waals surface area contributed by atoms with Gasteiger partial charge < -0.3 is 9.31 Å². The molecular formula is C21H30BF5O2. The third-order valence-electron chi connectivity index (χ3n) is 6.43. The first-order valence-electron chi connectivity index (χ1n) is 9.83. The number of halogens is 5. The van der Waals surface area contributed by atoms with Gasteiger partial charge in [0.2, 0.25) is 0 Å². The highest BCUT2D eigenvalue weighted by Gasteiger charge is 2.67. The molecule has 1 atom stereocenters. The average molecular weight is 420 g/mol. The lowest BCUT2D eigenvalue weighted by atomic mass is 9.67. The van der Waals surface area contributed by atoms with E-state index in [1.165, 1.54) is 19.1 Å². The Kier molecular flexibility index (Phi) is 6.01. The molecule has 2 rings (SSSR count). The molecule has 2 nitrogen and oxygen atoms in total. The van der Waals surface area contributed by atoms with E-state index in [9.17, 15) is 22.0 Å². The van der Waals surface area contributed by atoms with Gasteiger partial charge in [0.15, 0.2) is 5.41 Å². The lowest BCUT2D eigenvalue weighted by molar-refractivity contribution is -0.257. The van der Waals surface area contributed by atoms with Crippen molar-refractivity contribution in [3.63, 3.8) is 0 Å². The zero-order valence-electron chi connectivity index (χ0n) is 18.4. The van der Waals surface area contributed by atoms with Crippen LogP contribution >= 0.6 is 0 Å². The number of hydrogen-bond donors (Lipinski definition) is 0. The molecule has 29 heavy (non-hydrogen) atoms.